The number of nitrogens with one attached hydrogen (secondary N) is 1. The third-order valence-corrected chi connectivity index (χ3v) is 7.79. The minimum absolute atomic E-state index is 0.00955. The summed E-state index contributed by atoms with van der Waals surface area (Å²) in [6, 6.07) is 9.82. The van der Waals surface area contributed by atoms with Crippen LogP contribution in [0, 0.1) is 11.8 Å². The summed E-state index contributed by atoms with van der Waals surface area (Å²) in [5.74, 6) is 0.840. The molecule has 2 amide bonds. The van der Waals surface area contributed by atoms with Gasteiger partial charge in [-0.3, -0.25) is 9.59 Å². The molecule has 2 aromatic rings. The number of nitrogens with zero attached hydrogens (tertiary/aromatic N) is 4. The fraction of sp³-hybridized carbons (Fsp3) is 0.577. The minimum Gasteiger partial charge on any atom is -0.348 e. The number of fused-ring (bicyclic) bond motifs is 4. The minimum atomic E-state index is -0.360. The van der Waals surface area contributed by atoms with Gasteiger partial charge in [0.05, 0.1) is 12.4 Å². The molecule has 176 valence electrons. The fourth-order valence-corrected chi connectivity index (χ4v) is 6.29. The third-order valence-electron chi connectivity index (χ3n) is 7.79. The Kier molecular flexibility index (Phi) is 6.49. The highest BCUT2D eigenvalue weighted by molar-refractivity contribution is 5.89. The highest BCUT2D eigenvalue weighted by atomic mass is 16.2. The van der Waals surface area contributed by atoms with Crippen molar-refractivity contribution in [3.8, 4) is 0 Å². The fourth-order valence-electron chi connectivity index (χ4n) is 6.29. The van der Waals surface area contributed by atoms with Crippen molar-refractivity contribution in [2.24, 2.45) is 11.8 Å². The number of piperidine rings is 3. The maximum Gasteiger partial charge on any atom is 0.243 e. The molecule has 7 heteroatoms. The van der Waals surface area contributed by atoms with Crippen LogP contribution in [0.4, 0.5) is 0 Å². The Bertz CT molecular complexity index is 947. The molecule has 33 heavy (non-hydrogen) atoms. The van der Waals surface area contributed by atoms with Crippen LogP contribution in [-0.2, 0) is 16.1 Å². The molecule has 1 aromatic carbocycles. The number of aromatic nitrogens is 2. The SMILES string of the molecule is C[C@@H](NC(=O)[C@H]1[C@H]2C[C@H](CN(CCCn3ccnc3)C2)[C@@H]2CCCC(=O)N21)c1ccccc1. The molecule has 0 radical (unpaired) electrons. The molecule has 0 unspecified atom stereocenters. The van der Waals surface area contributed by atoms with Gasteiger partial charge in [0.1, 0.15) is 6.04 Å². The molecule has 0 saturated carbocycles. The largest absolute Gasteiger partial charge is 0.348 e. The lowest BCUT2D eigenvalue weighted by Gasteiger charge is -2.56. The number of carbonyl (C=O) groups is 2. The van der Waals surface area contributed by atoms with Crippen LogP contribution in [-0.4, -0.2) is 62.9 Å². The molecule has 2 bridgehead atoms. The van der Waals surface area contributed by atoms with Crippen LogP contribution in [0.25, 0.3) is 0 Å². The van der Waals surface area contributed by atoms with Crippen LogP contribution in [0.5, 0.6) is 0 Å². The van der Waals surface area contributed by atoms with Gasteiger partial charge in [0, 0.05) is 50.4 Å². The monoisotopic (exact) mass is 449 g/mol. The summed E-state index contributed by atoms with van der Waals surface area (Å²) in [5, 5.41) is 3.24. The molecule has 3 aliphatic heterocycles. The number of imidazole rings is 1. The van der Waals surface area contributed by atoms with Gasteiger partial charge in [0.25, 0.3) is 0 Å². The van der Waals surface area contributed by atoms with E-state index in [9.17, 15) is 9.59 Å². The summed E-state index contributed by atoms with van der Waals surface area (Å²) < 4.78 is 2.12. The predicted molar refractivity (Wildman–Crippen MR) is 126 cm³/mol. The Labute approximate surface area is 196 Å². The van der Waals surface area contributed by atoms with Gasteiger partial charge in [-0.25, -0.2) is 4.98 Å². The van der Waals surface area contributed by atoms with Crippen LogP contribution in [0.15, 0.2) is 49.1 Å². The molecule has 1 aromatic heterocycles. The molecular weight excluding hydrogens is 414 g/mol. The quantitative estimate of drug-likeness (QED) is 0.706. The summed E-state index contributed by atoms with van der Waals surface area (Å²) in [6.07, 6.45) is 10.3. The molecule has 4 heterocycles. The normalized spacial score (nSPS) is 28.3. The Balaban J connectivity index is 1.30. The average Bonchev–Trinajstić information content (AvgIpc) is 3.34. The number of rotatable bonds is 7. The molecule has 0 spiro atoms. The molecule has 1 N–H and O–H groups in total. The van der Waals surface area contributed by atoms with Crippen molar-refractivity contribution in [1.82, 2.24) is 24.7 Å². The summed E-state index contributed by atoms with van der Waals surface area (Å²) in [6.45, 7) is 5.91. The van der Waals surface area contributed by atoms with Crippen molar-refractivity contribution >= 4 is 11.8 Å². The molecule has 0 aliphatic carbocycles. The number of benzene rings is 1. The van der Waals surface area contributed by atoms with Crippen molar-refractivity contribution in [2.45, 2.75) is 63.7 Å². The molecule has 5 rings (SSSR count). The number of hydrogen-bond donors (Lipinski definition) is 1. The van der Waals surface area contributed by atoms with Gasteiger partial charge in [-0.05, 0) is 50.6 Å². The summed E-state index contributed by atoms with van der Waals surface area (Å²) in [5.41, 5.74) is 1.09. The first-order valence-electron chi connectivity index (χ1n) is 12.4. The zero-order valence-electron chi connectivity index (χ0n) is 19.5. The maximum absolute atomic E-state index is 13.6. The highest BCUT2D eigenvalue weighted by Crippen LogP contribution is 2.41. The van der Waals surface area contributed by atoms with Gasteiger partial charge < -0.3 is 19.7 Å². The van der Waals surface area contributed by atoms with Crippen molar-refractivity contribution in [3.63, 3.8) is 0 Å². The van der Waals surface area contributed by atoms with Crippen LogP contribution in [0.2, 0.25) is 0 Å². The van der Waals surface area contributed by atoms with E-state index in [0.29, 0.717) is 12.3 Å². The van der Waals surface area contributed by atoms with E-state index in [1.165, 1.54) is 0 Å². The van der Waals surface area contributed by atoms with E-state index in [4.69, 9.17) is 0 Å². The third kappa shape index (κ3) is 4.69. The lowest BCUT2D eigenvalue weighted by atomic mass is 9.71. The molecular formula is C26H35N5O2. The molecule has 3 aliphatic rings. The van der Waals surface area contributed by atoms with E-state index in [-0.39, 0.29) is 35.9 Å². The predicted octanol–water partition coefficient (Wildman–Crippen LogP) is 2.85. The number of carbonyl (C=O) groups excluding carboxylic acids is 2. The van der Waals surface area contributed by atoms with E-state index in [1.807, 2.05) is 60.9 Å². The second kappa shape index (κ2) is 9.67. The Hall–Kier alpha value is -2.67. The Morgan fingerprint density at radius 1 is 1.18 bits per heavy atom. The first kappa shape index (κ1) is 22.1. The number of amides is 2. The highest BCUT2D eigenvalue weighted by Gasteiger charge is 2.51. The van der Waals surface area contributed by atoms with Gasteiger partial charge in [-0.1, -0.05) is 30.3 Å². The Morgan fingerprint density at radius 3 is 2.79 bits per heavy atom. The van der Waals surface area contributed by atoms with E-state index < -0.39 is 0 Å². The van der Waals surface area contributed by atoms with E-state index in [0.717, 1.165) is 57.4 Å². The number of aryl methyl sites for hydroxylation is 1. The number of likely N-dealkylation sites (tertiary alicyclic amines) is 1. The zero-order chi connectivity index (χ0) is 22.8. The van der Waals surface area contributed by atoms with Crippen molar-refractivity contribution in [2.75, 3.05) is 19.6 Å². The van der Waals surface area contributed by atoms with E-state index >= 15 is 0 Å². The van der Waals surface area contributed by atoms with E-state index in [2.05, 4.69) is 19.8 Å². The summed E-state index contributed by atoms with van der Waals surface area (Å²) in [7, 11) is 0. The van der Waals surface area contributed by atoms with Gasteiger partial charge in [0.15, 0.2) is 0 Å². The summed E-state index contributed by atoms with van der Waals surface area (Å²) in [4.78, 5) is 35.3. The van der Waals surface area contributed by atoms with E-state index in [1.54, 1.807) is 0 Å². The van der Waals surface area contributed by atoms with Crippen molar-refractivity contribution in [3.05, 3.63) is 54.6 Å². The Morgan fingerprint density at radius 2 is 2.00 bits per heavy atom. The maximum atomic E-state index is 13.6. The van der Waals surface area contributed by atoms with Gasteiger partial charge in [-0.15, -0.1) is 0 Å². The molecule has 3 fully saturated rings. The van der Waals surface area contributed by atoms with Crippen molar-refractivity contribution in [1.29, 1.82) is 0 Å². The van der Waals surface area contributed by atoms with Gasteiger partial charge in [-0.2, -0.15) is 0 Å². The second-order valence-electron chi connectivity index (χ2n) is 10.0. The first-order chi connectivity index (χ1) is 16.1. The standard InChI is InChI=1S/C26H35N5O2/c1-19(20-7-3-2-4-8-20)28-26(33)25-22-15-21(23-9-5-10-24(32)31(23)25)16-30(17-22)13-6-12-29-14-11-27-18-29/h2-4,7-8,11,14,18-19,21-23,25H,5-6,9-10,12-13,15-17H2,1H3,(H,28,33)/t19-,21-,22+,23+,25-/m1/s1. The van der Waals surface area contributed by atoms with Crippen LogP contribution < -0.4 is 5.32 Å². The lowest BCUT2D eigenvalue weighted by Crippen LogP contribution is -2.68. The lowest BCUT2D eigenvalue weighted by molar-refractivity contribution is -0.160. The average molecular weight is 450 g/mol. The van der Waals surface area contributed by atoms with Gasteiger partial charge >= 0.3 is 0 Å². The van der Waals surface area contributed by atoms with Crippen LogP contribution in [0.3, 0.4) is 0 Å². The van der Waals surface area contributed by atoms with Gasteiger partial charge in [0.2, 0.25) is 11.8 Å². The zero-order valence-corrected chi connectivity index (χ0v) is 19.5. The smallest absolute Gasteiger partial charge is 0.243 e. The van der Waals surface area contributed by atoms with Crippen LogP contribution >= 0.6 is 0 Å². The van der Waals surface area contributed by atoms with Crippen LogP contribution in [0.1, 0.15) is 50.6 Å². The topological polar surface area (TPSA) is 70.5 Å². The molecule has 7 nitrogen and oxygen atoms in total. The summed E-state index contributed by atoms with van der Waals surface area (Å²) >= 11 is 0. The molecule has 5 atom stereocenters. The molecule has 3 saturated heterocycles. The van der Waals surface area contributed by atoms with Crippen molar-refractivity contribution < 1.29 is 9.59 Å². The second-order valence-corrected chi connectivity index (χ2v) is 10.0. The first-order valence-corrected chi connectivity index (χ1v) is 12.4. The number of hydrogen-bond acceptors (Lipinski definition) is 4.